The molecule has 0 bridgehead atoms. The standard InChI is InChI=1S/C17H26N2OS/c1-3-4-5-6-7-8-11-15-16(20)19(2)17(21-15)14-10-9-12-18-13-14/h9-10,12-13,15,17H,3-8,11H2,1-2H3/t15-,17-/m0/s1. The monoisotopic (exact) mass is 306 g/mol. The molecule has 0 unspecified atom stereocenters. The minimum atomic E-state index is 0.131. The summed E-state index contributed by atoms with van der Waals surface area (Å²) >= 11 is 1.78. The Bertz CT molecular complexity index is 438. The van der Waals surface area contributed by atoms with Crippen molar-refractivity contribution in [3.63, 3.8) is 0 Å². The topological polar surface area (TPSA) is 33.2 Å². The van der Waals surface area contributed by atoms with Crippen molar-refractivity contribution in [3.8, 4) is 0 Å². The third-order valence-electron chi connectivity index (χ3n) is 4.06. The van der Waals surface area contributed by atoms with Crippen LogP contribution in [0.4, 0.5) is 0 Å². The first-order chi connectivity index (χ1) is 10.2. The molecule has 1 amide bonds. The van der Waals surface area contributed by atoms with E-state index in [-0.39, 0.29) is 16.5 Å². The maximum atomic E-state index is 12.3. The number of amides is 1. The number of nitrogens with zero attached hydrogens (tertiary/aromatic N) is 2. The lowest BCUT2D eigenvalue weighted by Gasteiger charge is -2.18. The zero-order valence-corrected chi connectivity index (χ0v) is 13.9. The third-order valence-corrected chi connectivity index (χ3v) is 5.67. The molecule has 0 saturated carbocycles. The summed E-state index contributed by atoms with van der Waals surface area (Å²) in [6.07, 6.45) is 12.3. The Balaban J connectivity index is 1.79. The van der Waals surface area contributed by atoms with Crippen LogP contribution in [0.1, 0.15) is 62.8 Å². The van der Waals surface area contributed by atoms with Crippen LogP contribution in [0.3, 0.4) is 0 Å². The van der Waals surface area contributed by atoms with Gasteiger partial charge in [0.05, 0.1) is 5.25 Å². The van der Waals surface area contributed by atoms with E-state index in [1.165, 1.54) is 38.5 Å². The van der Waals surface area contributed by atoms with Gasteiger partial charge in [0.2, 0.25) is 5.91 Å². The molecule has 1 aromatic rings. The van der Waals surface area contributed by atoms with Crippen LogP contribution in [-0.2, 0) is 4.79 Å². The number of pyridine rings is 1. The lowest BCUT2D eigenvalue weighted by Crippen LogP contribution is -2.27. The molecule has 1 aliphatic rings. The first-order valence-electron chi connectivity index (χ1n) is 8.06. The van der Waals surface area contributed by atoms with Crippen LogP contribution in [0.2, 0.25) is 0 Å². The molecule has 0 aliphatic carbocycles. The maximum absolute atomic E-state index is 12.3. The van der Waals surface area contributed by atoms with Gasteiger partial charge in [-0.1, -0.05) is 51.5 Å². The summed E-state index contributed by atoms with van der Waals surface area (Å²) in [5, 5.41) is 0.266. The average molecular weight is 306 g/mol. The molecular weight excluding hydrogens is 280 g/mol. The predicted molar refractivity (Wildman–Crippen MR) is 89.1 cm³/mol. The lowest BCUT2D eigenvalue weighted by atomic mass is 10.1. The van der Waals surface area contributed by atoms with Gasteiger partial charge in [-0.15, -0.1) is 11.8 Å². The number of unbranched alkanes of at least 4 members (excludes halogenated alkanes) is 5. The highest BCUT2D eigenvalue weighted by molar-refractivity contribution is 8.01. The Morgan fingerprint density at radius 1 is 1.24 bits per heavy atom. The number of hydrogen-bond donors (Lipinski definition) is 0. The number of carbonyl (C=O) groups is 1. The SMILES string of the molecule is CCCCCCCC[C@@H]1S[C@@H](c2cccnc2)N(C)C1=O. The highest BCUT2D eigenvalue weighted by Gasteiger charge is 2.38. The van der Waals surface area contributed by atoms with Gasteiger partial charge in [-0.05, 0) is 12.5 Å². The Kier molecular flexibility index (Phi) is 6.55. The van der Waals surface area contributed by atoms with E-state index in [9.17, 15) is 4.79 Å². The van der Waals surface area contributed by atoms with Crippen LogP contribution in [0.25, 0.3) is 0 Å². The Labute approximate surface area is 132 Å². The molecule has 0 N–H and O–H groups in total. The van der Waals surface area contributed by atoms with E-state index >= 15 is 0 Å². The van der Waals surface area contributed by atoms with E-state index in [0.29, 0.717) is 0 Å². The quantitative estimate of drug-likeness (QED) is 0.667. The zero-order valence-electron chi connectivity index (χ0n) is 13.1. The van der Waals surface area contributed by atoms with E-state index in [4.69, 9.17) is 0 Å². The van der Waals surface area contributed by atoms with Gasteiger partial charge in [-0.2, -0.15) is 0 Å². The van der Waals surface area contributed by atoms with Gasteiger partial charge in [0.1, 0.15) is 5.37 Å². The van der Waals surface area contributed by atoms with Crippen molar-refractivity contribution in [1.82, 2.24) is 9.88 Å². The van der Waals surface area contributed by atoms with Crippen LogP contribution in [0.15, 0.2) is 24.5 Å². The molecule has 3 nitrogen and oxygen atoms in total. The minimum Gasteiger partial charge on any atom is -0.329 e. The summed E-state index contributed by atoms with van der Waals surface area (Å²) in [5.41, 5.74) is 1.13. The largest absolute Gasteiger partial charge is 0.329 e. The summed E-state index contributed by atoms with van der Waals surface area (Å²) in [6, 6.07) is 4.00. The molecule has 1 aliphatic heterocycles. The second-order valence-corrected chi connectivity index (χ2v) is 7.06. The van der Waals surface area contributed by atoms with E-state index < -0.39 is 0 Å². The molecule has 4 heteroatoms. The first kappa shape index (κ1) is 16.3. The second-order valence-electron chi connectivity index (χ2n) is 5.77. The Morgan fingerprint density at radius 2 is 2.00 bits per heavy atom. The predicted octanol–water partition coefficient (Wildman–Crippen LogP) is 4.40. The molecular formula is C17H26N2OS. The highest BCUT2D eigenvalue weighted by atomic mass is 32.2. The molecule has 0 aromatic carbocycles. The van der Waals surface area contributed by atoms with E-state index in [2.05, 4.69) is 18.0 Å². The van der Waals surface area contributed by atoms with Crippen molar-refractivity contribution in [2.24, 2.45) is 0 Å². The van der Waals surface area contributed by atoms with Crippen molar-refractivity contribution in [3.05, 3.63) is 30.1 Å². The van der Waals surface area contributed by atoms with Crippen LogP contribution in [0, 0.1) is 0 Å². The van der Waals surface area contributed by atoms with Gasteiger partial charge >= 0.3 is 0 Å². The van der Waals surface area contributed by atoms with E-state index in [1.807, 2.05) is 24.2 Å². The lowest BCUT2D eigenvalue weighted by molar-refractivity contribution is -0.128. The van der Waals surface area contributed by atoms with Gasteiger partial charge in [0.25, 0.3) is 0 Å². The van der Waals surface area contributed by atoms with Crippen LogP contribution in [-0.4, -0.2) is 28.1 Å². The molecule has 2 heterocycles. The van der Waals surface area contributed by atoms with Crippen LogP contribution in [0.5, 0.6) is 0 Å². The van der Waals surface area contributed by atoms with Gasteiger partial charge in [-0.25, -0.2) is 0 Å². The van der Waals surface area contributed by atoms with Crippen LogP contribution < -0.4 is 0 Å². The van der Waals surface area contributed by atoms with Crippen molar-refractivity contribution < 1.29 is 4.79 Å². The van der Waals surface area contributed by atoms with Gasteiger partial charge in [0, 0.05) is 25.0 Å². The normalized spacial score (nSPS) is 22.0. The Hall–Kier alpha value is -1.03. The van der Waals surface area contributed by atoms with Crippen molar-refractivity contribution >= 4 is 17.7 Å². The molecule has 1 aromatic heterocycles. The molecule has 1 fully saturated rings. The molecule has 2 atom stereocenters. The van der Waals surface area contributed by atoms with Gasteiger partial charge in [0.15, 0.2) is 0 Å². The van der Waals surface area contributed by atoms with Crippen molar-refractivity contribution in [2.75, 3.05) is 7.05 Å². The summed E-state index contributed by atoms with van der Waals surface area (Å²) in [4.78, 5) is 18.4. The molecule has 0 radical (unpaired) electrons. The highest BCUT2D eigenvalue weighted by Crippen LogP contribution is 2.43. The first-order valence-corrected chi connectivity index (χ1v) is 9.00. The summed E-state index contributed by atoms with van der Waals surface area (Å²) in [7, 11) is 1.91. The average Bonchev–Trinajstić information content (AvgIpc) is 2.80. The fourth-order valence-corrected chi connectivity index (χ4v) is 4.25. The Morgan fingerprint density at radius 3 is 2.71 bits per heavy atom. The number of aromatic nitrogens is 1. The maximum Gasteiger partial charge on any atom is 0.236 e. The van der Waals surface area contributed by atoms with Gasteiger partial charge < -0.3 is 4.90 Å². The zero-order chi connectivity index (χ0) is 15.1. The molecule has 21 heavy (non-hydrogen) atoms. The molecule has 2 rings (SSSR count). The molecule has 1 saturated heterocycles. The smallest absolute Gasteiger partial charge is 0.236 e. The summed E-state index contributed by atoms with van der Waals surface area (Å²) in [6.45, 7) is 2.24. The molecule has 0 spiro atoms. The number of hydrogen-bond acceptors (Lipinski definition) is 3. The fraction of sp³-hybridized carbons (Fsp3) is 0.647. The fourth-order valence-electron chi connectivity index (χ4n) is 2.77. The minimum absolute atomic E-state index is 0.131. The van der Waals surface area contributed by atoms with E-state index in [1.54, 1.807) is 18.0 Å². The summed E-state index contributed by atoms with van der Waals surface area (Å²) in [5.74, 6) is 0.280. The van der Waals surface area contributed by atoms with E-state index in [0.717, 1.165) is 12.0 Å². The molecule has 116 valence electrons. The second kappa shape index (κ2) is 8.42. The number of carbonyl (C=O) groups excluding carboxylic acids is 1. The summed E-state index contributed by atoms with van der Waals surface area (Å²) < 4.78 is 0. The third kappa shape index (κ3) is 4.47. The number of thioether (sulfide) groups is 1. The van der Waals surface area contributed by atoms with Crippen LogP contribution >= 0.6 is 11.8 Å². The van der Waals surface area contributed by atoms with Crippen molar-refractivity contribution in [1.29, 1.82) is 0 Å². The van der Waals surface area contributed by atoms with Gasteiger partial charge in [-0.3, -0.25) is 9.78 Å². The number of rotatable bonds is 8. The van der Waals surface area contributed by atoms with Crippen molar-refractivity contribution in [2.45, 2.75) is 62.5 Å².